The second-order valence-electron chi connectivity index (χ2n) is 7.03. The third-order valence-electron chi connectivity index (χ3n) is 5.36. The number of hydrogen-bond acceptors (Lipinski definition) is 7. The highest BCUT2D eigenvalue weighted by Crippen LogP contribution is 2.44. The fraction of sp³-hybridized carbons (Fsp3) is 0.238. The molecule has 4 rings (SSSR count). The van der Waals surface area contributed by atoms with Gasteiger partial charge in [0.05, 0.1) is 22.8 Å². The molecule has 2 heterocycles. The molecule has 0 saturated carbocycles. The molecule has 0 saturated heterocycles. The lowest BCUT2D eigenvalue weighted by molar-refractivity contribution is -0.134. The Morgan fingerprint density at radius 2 is 2.07 bits per heavy atom. The average molecular weight is 445 g/mol. The van der Waals surface area contributed by atoms with Gasteiger partial charge in [0.25, 0.3) is 0 Å². The van der Waals surface area contributed by atoms with E-state index in [-0.39, 0.29) is 18.6 Å². The van der Waals surface area contributed by atoms with Crippen molar-refractivity contribution in [3.05, 3.63) is 63.8 Å². The summed E-state index contributed by atoms with van der Waals surface area (Å²) in [4.78, 5) is 35.2. The summed E-state index contributed by atoms with van der Waals surface area (Å²) in [5.41, 5.74) is 1.24. The fourth-order valence-corrected chi connectivity index (χ4v) is 4.39. The van der Waals surface area contributed by atoms with Gasteiger partial charge in [0.2, 0.25) is 5.96 Å². The summed E-state index contributed by atoms with van der Waals surface area (Å²) in [7, 11) is 3.14. The largest absolute Gasteiger partial charge is 0.466 e. The van der Waals surface area contributed by atoms with Gasteiger partial charge in [-0.1, -0.05) is 35.3 Å². The van der Waals surface area contributed by atoms with Crippen molar-refractivity contribution < 1.29 is 14.3 Å². The van der Waals surface area contributed by atoms with Crippen LogP contribution in [0.1, 0.15) is 12.8 Å². The van der Waals surface area contributed by atoms with E-state index in [4.69, 9.17) is 23.2 Å². The van der Waals surface area contributed by atoms with E-state index in [9.17, 15) is 9.59 Å². The SMILES string of the molecule is COC(=O)/C=C/C1=C2C=CN=C3N=C(Nc4c(Cl)cccc4Cl)N(C)C32CC(=O)C1. The van der Waals surface area contributed by atoms with E-state index in [1.165, 1.54) is 13.2 Å². The molecule has 0 bridgehead atoms. The van der Waals surface area contributed by atoms with Gasteiger partial charge in [-0.05, 0) is 29.4 Å². The number of ether oxygens (including phenoxy) is 1. The number of halogens is 2. The van der Waals surface area contributed by atoms with Crippen LogP contribution in [0.5, 0.6) is 0 Å². The summed E-state index contributed by atoms with van der Waals surface area (Å²) in [6, 6.07) is 5.20. The third kappa shape index (κ3) is 3.24. The van der Waals surface area contributed by atoms with Gasteiger partial charge < -0.3 is 15.0 Å². The molecule has 1 N–H and O–H groups in total. The van der Waals surface area contributed by atoms with Crippen LogP contribution in [0.3, 0.4) is 0 Å². The fourth-order valence-electron chi connectivity index (χ4n) is 3.90. The number of nitrogens with zero attached hydrogens (tertiary/aromatic N) is 3. The van der Waals surface area contributed by atoms with Gasteiger partial charge in [0.1, 0.15) is 11.3 Å². The molecule has 1 spiro atoms. The van der Waals surface area contributed by atoms with Gasteiger partial charge in [-0.15, -0.1) is 0 Å². The molecule has 0 aromatic heterocycles. The van der Waals surface area contributed by atoms with Gasteiger partial charge >= 0.3 is 5.97 Å². The Morgan fingerprint density at radius 1 is 1.33 bits per heavy atom. The lowest BCUT2D eigenvalue weighted by Crippen LogP contribution is -2.55. The molecule has 1 aromatic carbocycles. The van der Waals surface area contributed by atoms with Gasteiger partial charge in [-0.2, -0.15) is 4.99 Å². The molecule has 2 aliphatic heterocycles. The van der Waals surface area contributed by atoms with Crippen LogP contribution < -0.4 is 5.32 Å². The van der Waals surface area contributed by atoms with Crippen molar-refractivity contribution in [2.75, 3.05) is 19.5 Å². The number of carbonyl (C=O) groups excluding carboxylic acids is 2. The Bertz CT molecular complexity index is 1080. The van der Waals surface area contributed by atoms with E-state index in [0.29, 0.717) is 27.5 Å². The van der Waals surface area contributed by atoms with E-state index >= 15 is 0 Å². The maximum Gasteiger partial charge on any atom is 0.330 e. The van der Waals surface area contributed by atoms with E-state index in [1.807, 2.05) is 18.0 Å². The van der Waals surface area contributed by atoms with Crippen molar-refractivity contribution in [1.82, 2.24) is 4.90 Å². The number of benzene rings is 1. The number of esters is 1. The molecule has 30 heavy (non-hydrogen) atoms. The van der Waals surface area contributed by atoms with E-state index < -0.39 is 11.5 Å². The number of likely N-dealkylation sites (N-methyl/N-ethyl adjacent to an activating group) is 1. The quantitative estimate of drug-likeness (QED) is 0.566. The number of allylic oxidation sites excluding steroid dienone is 2. The van der Waals surface area contributed by atoms with Crippen LogP contribution in [-0.2, 0) is 14.3 Å². The van der Waals surface area contributed by atoms with Crippen molar-refractivity contribution >= 4 is 52.4 Å². The molecule has 7 nitrogen and oxygen atoms in total. The first-order valence-corrected chi connectivity index (χ1v) is 9.92. The zero-order chi connectivity index (χ0) is 21.5. The molecule has 1 aliphatic carbocycles. The Balaban J connectivity index is 1.77. The summed E-state index contributed by atoms with van der Waals surface area (Å²) in [6.07, 6.45) is 6.86. The lowest BCUT2D eigenvalue weighted by atomic mass is 9.73. The highest BCUT2D eigenvalue weighted by molar-refractivity contribution is 6.40. The predicted octanol–water partition coefficient (Wildman–Crippen LogP) is 3.76. The Hall–Kier alpha value is -2.90. The Morgan fingerprint density at radius 3 is 2.77 bits per heavy atom. The smallest absolute Gasteiger partial charge is 0.330 e. The first kappa shape index (κ1) is 20.4. The molecular formula is C21H18Cl2N4O3. The zero-order valence-corrected chi connectivity index (χ0v) is 17.8. The number of methoxy groups -OCH3 is 1. The molecule has 1 atom stereocenters. The van der Waals surface area contributed by atoms with Crippen molar-refractivity contribution in [3.8, 4) is 0 Å². The zero-order valence-electron chi connectivity index (χ0n) is 16.3. The molecule has 3 aliphatic rings. The van der Waals surface area contributed by atoms with Crippen LogP contribution in [-0.4, -0.2) is 48.1 Å². The van der Waals surface area contributed by atoms with Gasteiger partial charge in [0.15, 0.2) is 5.84 Å². The van der Waals surface area contributed by atoms with Crippen LogP contribution in [0.4, 0.5) is 5.69 Å². The minimum Gasteiger partial charge on any atom is -0.466 e. The average Bonchev–Trinajstić information content (AvgIpc) is 2.99. The summed E-state index contributed by atoms with van der Waals surface area (Å²) in [6.45, 7) is 0. The van der Waals surface area contributed by atoms with Crippen molar-refractivity contribution in [2.24, 2.45) is 9.98 Å². The number of rotatable bonds is 3. The summed E-state index contributed by atoms with van der Waals surface area (Å²) < 4.78 is 4.67. The first-order chi connectivity index (χ1) is 14.4. The monoisotopic (exact) mass is 444 g/mol. The first-order valence-electron chi connectivity index (χ1n) is 9.16. The molecule has 154 valence electrons. The number of Topliss-reactive ketones (excluding diaryl/α,β-unsaturated/α-hetero) is 1. The van der Waals surface area contributed by atoms with Crippen LogP contribution in [0.15, 0.2) is 63.8 Å². The maximum atomic E-state index is 12.7. The number of guanidine groups is 1. The number of anilines is 1. The van der Waals surface area contributed by atoms with Crippen molar-refractivity contribution in [3.63, 3.8) is 0 Å². The molecule has 0 amide bonds. The number of amidine groups is 1. The molecular weight excluding hydrogens is 427 g/mol. The van der Waals surface area contributed by atoms with E-state index in [2.05, 4.69) is 20.0 Å². The number of ketones is 1. The van der Waals surface area contributed by atoms with Gasteiger partial charge in [0, 0.05) is 32.2 Å². The molecule has 1 unspecified atom stereocenters. The molecule has 9 heteroatoms. The number of hydrogen-bond donors (Lipinski definition) is 1. The Labute approximate surface area is 183 Å². The minimum absolute atomic E-state index is 0.0188. The second kappa shape index (κ2) is 7.74. The Kier molecular flexibility index (Phi) is 5.26. The number of nitrogens with one attached hydrogen (secondary N) is 1. The molecule has 0 fully saturated rings. The molecule has 0 radical (unpaired) electrons. The van der Waals surface area contributed by atoms with E-state index in [0.717, 1.165) is 11.1 Å². The van der Waals surface area contributed by atoms with Gasteiger partial charge in [-0.25, -0.2) is 9.79 Å². The second-order valence-corrected chi connectivity index (χ2v) is 7.85. The molecule has 1 aromatic rings. The van der Waals surface area contributed by atoms with Crippen LogP contribution in [0.2, 0.25) is 10.0 Å². The summed E-state index contributed by atoms with van der Waals surface area (Å²) in [5.74, 6) is 0.488. The predicted molar refractivity (Wildman–Crippen MR) is 117 cm³/mol. The van der Waals surface area contributed by atoms with Crippen LogP contribution in [0, 0.1) is 0 Å². The highest BCUT2D eigenvalue weighted by Gasteiger charge is 2.53. The van der Waals surface area contributed by atoms with Crippen molar-refractivity contribution in [1.29, 1.82) is 0 Å². The van der Waals surface area contributed by atoms with Crippen molar-refractivity contribution in [2.45, 2.75) is 18.4 Å². The normalized spacial score (nSPS) is 22.7. The summed E-state index contributed by atoms with van der Waals surface area (Å²) in [5, 5.41) is 4.07. The van der Waals surface area contributed by atoms with Gasteiger partial charge in [-0.3, -0.25) is 4.79 Å². The minimum atomic E-state index is -0.865. The standard InChI is InChI=1S/C21H18Cl2N4O3/c1-27-20(25-18-15(22)4-3-5-16(18)23)26-19-21(27)11-13(28)10-12(6-7-17(29)30-2)14(21)8-9-24-19/h3-9H,10-11H2,1-2H3,(H,24,25,26)/b7-6+. The maximum absolute atomic E-state index is 12.7. The van der Waals surface area contributed by atoms with E-state index in [1.54, 1.807) is 30.5 Å². The van der Waals surface area contributed by atoms with Crippen LogP contribution >= 0.6 is 23.2 Å². The summed E-state index contributed by atoms with van der Waals surface area (Å²) >= 11 is 12.6. The third-order valence-corrected chi connectivity index (χ3v) is 5.99. The topological polar surface area (TPSA) is 83.4 Å². The lowest BCUT2D eigenvalue weighted by Gasteiger charge is -2.42. The van der Waals surface area contributed by atoms with Crippen LogP contribution in [0.25, 0.3) is 0 Å². The number of para-hydroxylation sites is 1. The highest BCUT2D eigenvalue weighted by atomic mass is 35.5. The number of carbonyl (C=O) groups is 2. The number of aliphatic imine (C=N–C) groups is 2.